The number of Topliss-reactive ketones (excluding diaryl/α,β-unsaturated/α-hetero) is 1. The third-order valence-corrected chi connectivity index (χ3v) is 11.3. The first-order valence-corrected chi connectivity index (χ1v) is 13.9. The highest BCUT2D eigenvalue weighted by atomic mass is 16.6. The highest BCUT2D eigenvalue weighted by Gasteiger charge is 2.82. The van der Waals surface area contributed by atoms with Gasteiger partial charge in [0.2, 0.25) is 0 Å². The number of methoxy groups -OCH3 is 2. The Labute approximate surface area is 236 Å². The Morgan fingerprint density at radius 3 is 2.00 bits per heavy atom. The first-order valence-electron chi connectivity index (χ1n) is 13.9. The Bertz CT molecular complexity index is 1260. The van der Waals surface area contributed by atoms with Crippen LogP contribution in [0.25, 0.3) is 0 Å². The minimum Gasteiger partial charge on any atom is -0.469 e. The topological polar surface area (TPSA) is 122 Å². The molecular weight excluding hydrogens is 516 g/mol. The maximum atomic E-state index is 14.3. The highest BCUT2D eigenvalue weighted by molar-refractivity contribution is 6.11. The van der Waals surface area contributed by atoms with Crippen LogP contribution < -0.4 is 0 Å². The Morgan fingerprint density at radius 1 is 0.875 bits per heavy atom. The van der Waals surface area contributed by atoms with Gasteiger partial charge in [0.1, 0.15) is 17.3 Å². The smallest absolute Gasteiger partial charge is 0.321 e. The Balaban J connectivity index is 2.08. The second kappa shape index (κ2) is 9.28. The van der Waals surface area contributed by atoms with Crippen LogP contribution in [0.5, 0.6) is 0 Å². The highest BCUT2D eigenvalue weighted by Crippen LogP contribution is 2.78. The van der Waals surface area contributed by atoms with E-state index >= 15 is 0 Å². The Kier molecular flexibility index (Phi) is 6.96. The molecule has 4 aliphatic carbocycles. The third-order valence-electron chi connectivity index (χ3n) is 11.3. The monoisotopic (exact) mass is 558 g/mol. The lowest BCUT2D eigenvalue weighted by Gasteiger charge is -2.68. The van der Waals surface area contributed by atoms with Gasteiger partial charge in [-0.2, -0.15) is 0 Å². The lowest BCUT2D eigenvalue weighted by atomic mass is 9.33. The van der Waals surface area contributed by atoms with Crippen molar-refractivity contribution in [2.75, 3.05) is 14.2 Å². The molecule has 0 aliphatic heterocycles. The summed E-state index contributed by atoms with van der Waals surface area (Å²) in [4.78, 5) is 66.9. The fourth-order valence-electron chi connectivity index (χ4n) is 9.56. The van der Waals surface area contributed by atoms with Crippen LogP contribution in [0.15, 0.2) is 23.0 Å². The van der Waals surface area contributed by atoms with E-state index < -0.39 is 57.0 Å². The number of ketones is 1. The number of rotatable bonds is 4. The van der Waals surface area contributed by atoms with Crippen molar-refractivity contribution in [3.8, 4) is 0 Å². The van der Waals surface area contributed by atoms with Gasteiger partial charge < -0.3 is 18.9 Å². The molecule has 0 N–H and O–H groups in total. The number of carbonyl (C=O) groups is 5. The number of hydrogen-bond acceptors (Lipinski definition) is 9. The predicted octanol–water partition coefficient (Wildman–Crippen LogP) is 4.48. The van der Waals surface area contributed by atoms with Crippen LogP contribution in [0.4, 0.5) is 0 Å². The van der Waals surface area contributed by atoms with E-state index in [0.717, 1.165) is 0 Å². The van der Waals surface area contributed by atoms with Crippen molar-refractivity contribution in [2.45, 2.75) is 87.2 Å². The SMILES string of the molecule is COC(=O)[C@@]12CC[C@H](OC(C)=O)C(C)(C)[C@H]1CC[C@@]1(C)[C@H]2C=C(C)[C@@]2(C)C(=O)C(C)=C(OC(C)=O)[C@]21C(=O)OC. The number of carbonyl (C=O) groups excluding carboxylic acids is 5. The molecule has 0 radical (unpaired) electrons. The standard InChI is InChI=1S/C31H42O9/c1-16-15-21-28(7,31(26(36)38-10)24(40-19(4)33)17(2)23(34)29(16,31)8)13-11-20-27(5,6)22(39-18(3)32)12-14-30(20,21)25(35)37-9/h15,20-22H,11-14H2,1-10H3/t20-,21-,22+,28+,29+,30+,31-/m1/s1. The zero-order chi connectivity index (χ0) is 30.2. The third kappa shape index (κ3) is 3.29. The molecule has 220 valence electrons. The molecule has 0 amide bonds. The quantitative estimate of drug-likeness (QED) is 0.279. The first-order chi connectivity index (χ1) is 18.5. The molecule has 2 saturated carbocycles. The van der Waals surface area contributed by atoms with E-state index in [4.69, 9.17) is 18.9 Å². The van der Waals surface area contributed by atoms with Crippen LogP contribution in [0.2, 0.25) is 0 Å². The second-order valence-electron chi connectivity index (χ2n) is 13.1. The fraction of sp³-hybridized carbons (Fsp3) is 0.710. The molecule has 0 spiro atoms. The summed E-state index contributed by atoms with van der Waals surface area (Å²) < 4.78 is 22.5. The molecule has 2 fully saturated rings. The lowest BCUT2D eigenvalue weighted by molar-refractivity contribution is -0.231. The van der Waals surface area contributed by atoms with Gasteiger partial charge in [0.15, 0.2) is 5.78 Å². The number of esters is 4. The van der Waals surface area contributed by atoms with Crippen LogP contribution in [0.3, 0.4) is 0 Å². The second-order valence-corrected chi connectivity index (χ2v) is 13.1. The molecule has 0 aromatic carbocycles. The van der Waals surface area contributed by atoms with E-state index in [1.165, 1.54) is 28.1 Å². The molecule has 0 saturated heterocycles. The summed E-state index contributed by atoms with van der Waals surface area (Å²) in [6, 6.07) is 0. The van der Waals surface area contributed by atoms with Crippen LogP contribution in [0.1, 0.15) is 81.1 Å². The van der Waals surface area contributed by atoms with Crippen LogP contribution >= 0.6 is 0 Å². The summed E-state index contributed by atoms with van der Waals surface area (Å²) in [5.74, 6) is -3.28. The number of allylic oxidation sites excluding steroid dienone is 3. The van der Waals surface area contributed by atoms with Gasteiger partial charge in [-0.15, -0.1) is 0 Å². The van der Waals surface area contributed by atoms with E-state index in [-0.39, 0.29) is 29.0 Å². The normalized spacial score (nSPS) is 39.7. The summed E-state index contributed by atoms with van der Waals surface area (Å²) in [6.07, 6.45) is 3.24. The van der Waals surface area contributed by atoms with E-state index in [0.29, 0.717) is 31.3 Å². The summed E-state index contributed by atoms with van der Waals surface area (Å²) in [6.45, 7) is 13.7. The van der Waals surface area contributed by atoms with Crippen molar-refractivity contribution in [1.82, 2.24) is 0 Å². The zero-order valence-electron chi connectivity index (χ0n) is 25.3. The van der Waals surface area contributed by atoms with Gasteiger partial charge in [0.05, 0.1) is 25.0 Å². The molecule has 0 aromatic rings. The van der Waals surface area contributed by atoms with Gasteiger partial charge in [-0.05, 0) is 57.8 Å². The van der Waals surface area contributed by atoms with Gasteiger partial charge in [-0.25, -0.2) is 0 Å². The molecule has 9 heteroatoms. The largest absolute Gasteiger partial charge is 0.469 e. The maximum Gasteiger partial charge on any atom is 0.321 e. The molecule has 0 aromatic heterocycles. The van der Waals surface area contributed by atoms with Crippen LogP contribution in [-0.2, 0) is 42.9 Å². The Morgan fingerprint density at radius 2 is 1.48 bits per heavy atom. The maximum absolute atomic E-state index is 14.3. The van der Waals surface area contributed by atoms with Crippen LogP contribution in [-0.4, -0.2) is 50.0 Å². The number of fused-ring (bicyclic) bond motifs is 5. The fourth-order valence-corrected chi connectivity index (χ4v) is 9.56. The summed E-state index contributed by atoms with van der Waals surface area (Å²) in [7, 11) is 2.63. The zero-order valence-corrected chi connectivity index (χ0v) is 25.3. The number of hydrogen-bond donors (Lipinski definition) is 0. The summed E-state index contributed by atoms with van der Waals surface area (Å²) in [5.41, 5.74) is -5.07. The average molecular weight is 559 g/mol. The van der Waals surface area contributed by atoms with Crippen molar-refractivity contribution < 1.29 is 42.9 Å². The molecular formula is C31H42O9. The molecule has 0 unspecified atom stereocenters. The minimum absolute atomic E-state index is 0.00521. The van der Waals surface area contributed by atoms with E-state index in [9.17, 15) is 24.0 Å². The predicted molar refractivity (Wildman–Crippen MR) is 143 cm³/mol. The molecule has 0 heterocycles. The molecule has 7 atom stereocenters. The molecule has 40 heavy (non-hydrogen) atoms. The van der Waals surface area contributed by atoms with Gasteiger partial charge in [-0.3, -0.25) is 24.0 Å². The van der Waals surface area contributed by atoms with Crippen molar-refractivity contribution in [3.05, 3.63) is 23.0 Å². The minimum atomic E-state index is -1.70. The first kappa shape index (κ1) is 30.0. The lowest BCUT2D eigenvalue weighted by Crippen LogP contribution is -2.71. The Hall–Kier alpha value is -2.97. The van der Waals surface area contributed by atoms with E-state index in [2.05, 4.69) is 0 Å². The average Bonchev–Trinajstić information content (AvgIpc) is 3.05. The molecule has 9 nitrogen and oxygen atoms in total. The van der Waals surface area contributed by atoms with Gasteiger partial charge in [-0.1, -0.05) is 32.4 Å². The van der Waals surface area contributed by atoms with E-state index in [1.54, 1.807) is 20.8 Å². The van der Waals surface area contributed by atoms with Gasteiger partial charge in [0, 0.05) is 30.8 Å². The molecule has 4 aliphatic rings. The van der Waals surface area contributed by atoms with Crippen molar-refractivity contribution in [2.24, 2.45) is 38.9 Å². The summed E-state index contributed by atoms with van der Waals surface area (Å²) in [5, 5.41) is 0. The van der Waals surface area contributed by atoms with Gasteiger partial charge in [0.25, 0.3) is 0 Å². The molecule has 4 rings (SSSR count). The van der Waals surface area contributed by atoms with Gasteiger partial charge >= 0.3 is 23.9 Å². The van der Waals surface area contributed by atoms with Crippen LogP contribution in [0, 0.1) is 38.9 Å². The molecule has 0 bridgehead atoms. The summed E-state index contributed by atoms with van der Waals surface area (Å²) >= 11 is 0. The van der Waals surface area contributed by atoms with Crippen molar-refractivity contribution >= 4 is 29.7 Å². The number of ether oxygens (including phenoxy) is 4. The van der Waals surface area contributed by atoms with Crippen molar-refractivity contribution in [3.63, 3.8) is 0 Å². The van der Waals surface area contributed by atoms with E-state index in [1.807, 2.05) is 26.8 Å². The van der Waals surface area contributed by atoms with Crippen molar-refractivity contribution in [1.29, 1.82) is 0 Å².